The lowest BCUT2D eigenvalue weighted by atomic mass is 9.98. The molecular weight excluding hydrogens is 274 g/mol. The van der Waals surface area contributed by atoms with Crippen molar-refractivity contribution in [1.29, 1.82) is 0 Å². The van der Waals surface area contributed by atoms with Crippen LogP contribution in [-0.4, -0.2) is 15.6 Å². The monoisotopic (exact) mass is 290 g/mol. The van der Waals surface area contributed by atoms with Gasteiger partial charge in [0.25, 0.3) is 0 Å². The van der Waals surface area contributed by atoms with E-state index in [4.69, 9.17) is 5.11 Å². The molecule has 0 atom stereocenters. The summed E-state index contributed by atoms with van der Waals surface area (Å²) in [5.74, 6) is -0.896. The van der Waals surface area contributed by atoms with Crippen LogP contribution in [0.3, 0.4) is 0 Å². The van der Waals surface area contributed by atoms with E-state index in [-0.39, 0.29) is 0 Å². The Morgan fingerprint density at radius 3 is 2.59 bits per heavy atom. The molecule has 0 amide bonds. The van der Waals surface area contributed by atoms with Gasteiger partial charge in [0.1, 0.15) is 0 Å². The molecule has 0 bridgehead atoms. The fourth-order valence-corrected chi connectivity index (χ4v) is 3.12. The largest absolute Gasteiger partial charge is 0.478 e. The van der Waals surface area contributed by atoms with E-state index in [0.29, 0.717) is 11.6 Å². The molecule has 1 aromatic heterocycles. The number of benzene rings is 2. The van der Waals surface area contributed by atoms with Crippen LogP contribution in [0.25, 0.3) is 22.0 Å². The number of hydrogen-bond donors (Lipinski definition) is 1. The fraction of sp³-hybridized carbons (Fsp3) is 0.211. The van der Waals surface area contributed by atoms with Crippen LogP contribution >= 0.6 is 0 Å². The normalized spacial score (nSPS) is 14.4. The summed E-state index contributed by atoms with van der Waals surface area (Å²) in [6.07, 6.45) is 4.73. The number of aromatic nitrogens is 1. The van der Waals surface area contributed by atoms with Gasteiger partial charge in [0.15, 0.2) is 0 Å². The van der Waals surface area contributed by atoms with E-state index in [0.717, 1.165) is 11.1 Å². The van der Waals surface area contributed by atoms with E-state index in [2.05, 4.69) is 29.8 Å². The van der Waals surface area contributed by atoms with Crippen LogP contribution in [0.2, 0.25) is 0 Å². The summed E-state index contributed by atoms with van der Waals surface area (Å²) in [5.41, 5.74) is 4.94. The van der Waals surface area contributed by atoms with Gasteiger partial charge in [-0.05, 0) is 66.8 Å². The number of hydrogen-bond acceptors (Lipinski definition) is 1. The summed E-state index contributed by atoms with van der Waals surface area (Å²) in [6, 6.07) is 15.0. The lowest BCUT2D eigenvalue weighted by molar-refractivity contribution is 0.0697. The van der Waals surface area contributed by atoms with E-state index in [1.807, 2.05) is 18.2 Å². The van der Waals surface area contributed by atoms with E-state index < -0.39 is 5.97 Å². The maximum absolute atomic E-state index is 11.0. The van der Waals surface area contributed by atoms with Gasteiger partial charge in [-0.3, -0.25) is 0 Å². The molecule has 3 aromatic rings. The van der Waals surface area contributed by atoms with Crippen LogP contribution in [0.4, 0.5) is 0 Å². The molecule has 1 fully saturated rings. The highest BCUT2D eigenvalue weighted by Gasteiger charge is 2.25. The van der Waals surface area contributed by atoms with E-state index in [1.165, 1.54) is 29.3 Å². The minimum atomic E-state index is -0.896. The summed E-state index contributed by atoms with van der Waals surface area (Å²) in [7, 11) is 0. The quantitative estimate of drug-likeness (QED) is 0.774. The zero-order valence-electron chi connectivity index (χ0n) is 12.3. The van der Waals surface area contributed by atoms with E-state index >= 15 is 0 Å². The molecule has 0 spiro atoms. The number of carboxylic acid groups (broad SMARTS) is 1. The van der Waals surface area contributed by atoms with Gasteiger partial charge in [-0.2, -0.15) is 0 Å². The number of rotatable bonds is 3. The summed E-state index contributed by atoms with van der Waals surface area (Å²) >= 11 is 0. The minimum Gasteiger partial charge on any atom is -0.478 e. The molecule has 1 aliphatic rings. The van der Waals surface area contributed by atoms with Gasteiger partial charge in [-0.1, -0.05) is 12.1 Å². The van der Waals surface area contributed by atoms with Crippen molar-refractivity contribution in [2.75, 3.05) is 0 Å². The standard InChI is InChI=1S/C19H16NO2/c1-12-11-20(15-9-10-15)17-4-2-3-16(18(12)17)13-5-7-14(8-6-13)19(21)22/h3-8,11,15H,9-10H2,1H3,(H,21,22). The number of aryl methyl sites for hydroxylation is 1. The lowest BCUT2D eigenvalue weighted by Gasteiger charge is -2.07. The lowest BCUT2D eigenvalue weighted by Crippen LogP contribution is -1.95. The third kappa shape index (κ3) is 2.01. The minimum absolute atomic E-state index is 0.312. The first-order chi connectivity index (χ1) is 10.6. The van der Waals surface area contributed by atoms with Crippen molar-refractivity contribution in [1.82, 2.24) is 4.57 Å². The molecule has 2 aromatic carbocycles. The first kappa shape index (κ1) is 13.1. The molecule has 3 heteroatoms. The van der Waals surface area contributed by atoms with E-state index in [1.54, 1.807) is 12.1 Å². The highest BCUT2D eigenvalue weighted by Crippen LogP contribution is 2.41. The zero-order valence-corrected chi connectivity index (χ0v) is 12.3. The molecule has 22 heavy (non-hydrogen) atoms. The van der Waals surface area contributed by atoms with Crippen molar-refractivity contribution < 1.29 is 9.90 Å². The van der Waals surface area contributed by atoms with Gasteiger partial charge in [0.2, 0.25) is 0 Å². The first-order valence-corrected chi connectivity index (χ1v) is 7.50. The van der Waals surface area contributed by atoms with Crippen LogP contribution in [-0.2, 0) is 0 Å². The number of nitrogens with zero attached hydrogens (tertiary/aromatic N) is 1. The summed E-state index contributed by atoms with van der Waals surface area (Å²) in [4.78, 5) is 11.0. The Hall–Kier alpha value is -2.55. The first-order valence-electron chi connectivity index (χ1n) is 7.50. The van der Waals surface area contributed by atoms with Crippen molar-refractivity contribution in [3.05, 3.63) is 59.8 Å². The Kier molecular flexibility index (Phi) is 2.83. The van der Waals surface area contributed by atoms with Gasteiger partial charge in [0, 0.05) is 23.1 Å². The van der Waals surface area contributed by atoms with Crippen molar-refractivity contribution in [3.63, 3.8) is 0 Å². The Labute approximate surface area is 128 Å². The van der Waals surface area contributed by atoms with Gasteiger partial charge in [-0.15, -0.1) is 0 Å². The SMILES string of the molecule is Cc1cn(C2CC2)c2c[c]cc(-c3ccc(C(=O)O)cc3)c12. The summed E-state index contributed by atoms with van der Waals surface area (Å²) in [5, 5.41) is 10.3. The third-order valence-electron chi connectivity index (χ3n) is 4.36. The molecule has 1 N–H and O–H groups in total. The second kappa shape index (κ2) is 4.73. The molecule has 1 aliphatic carbocycles. The molecule has 0 saturated heterocycles. The van der Waals surface area contributed by atoms with Gasteiger partial charge in [0.05, 0.1) is 5.56 Å². The van der Waals surface area contributed by atoms with Crippen LogP contribution in [0.15, 0.2) is 42.6 Å². The molecule has 4 rings (SSSR count). The number of carboxylic acids is 1. The van der Waals surface area contributed by atoms with Gasteiger partial charge >= 0.3 is 5.97 Å². The van der Waals surface area contributed by atoms with Gasteiger partial charge in [-0.25, -0.2) is 4.79 Å². The Bertz CT molecular complexity index is 870. The predicted molar refractivity (Wildman–Crippen MR) is 86.2 cm³/mol. The van der Waals surface area contributed by atoms with Crippen molar-refractivity contribution in [2.24, 2.45) is 0 Å². The zero-order chi connectivity index (χ0) is 15.3. The summed E-state index contributed by atoms with van der Waals surface area (Å²) in [6.45, 7) is 2.14. The molecule has 0 aliphatic heterocycles. The maximum Gasteiger partial charge on any atom is 0.335 e. The Morgan fingerprint density at radius 1 is 1.23 bits per heavy atom. The van der Waals surface area contributed by atoms with Crippen LogP contribution < -0.4 is 0 Å². The molecule has 1 radical (unpaired) electrons. The topological polar surface area (TPSA) is 42.2 Å². The van der Waals surface area contributed by atoms with Crippen LogP contribution in [0.5, 0.6) is 0 Å². The van der Waals surface area contributed by atoms with E-state index in [9.17, 15) is 4.79 Å². The van der Waals surface area contributed by atoms with Crippen molar-refractivity contribution in [2.45, 2.75) is 25.8 Å². The van der Waals surface area contributed by atoms with Gasteiger partial charge < -0.3 is 9.67 Å². The Morgan fingerprint density at radius 2 is 1.95 bits per heavy atom. The fourth-order valence-electron chi connectivity index (χ4n) is 3.12. The van der Waals surface area contributed by atoms with Crippen molar-refractivity contribution >= 4 is 16.9 Å². The molecule has 1 saturated carbocycles. The molecule has 3 nitrogen and oxygen atoms in total. The number of aromatic carboxylic acids is 1. The average molecular weight is 290 g/mol. The highest BCUT2D eigenvalue weighted by molar-refractivity contribution is 5.98. The second-order valence-electron chi connectivity index (χ2n) is 5.96. The highest BCUT2D eigenvalue weighted by atomic mass is 16.4. The molecular formula is C19H16NO2. The molecule has 1 heterocycles. The smallest absolute Gasteiger partial charge is 0.335 e. The maximum atomic E-state index is 11.0. The van der Waals surface area contributed by atoms with Crippen LogP contribution in [0, 0.1) is 13.0 Å². The second-order valence-corrected chi connectivity index (χ2v) is 5.96. The predicted octanol–water partition coefficient (Wildman–Crippen LogP) is 4.45. The van der Waals surface area contributed by atoms with Crippen LogP contribution in [0.1, 0.15) is 34.8 Å². The summed E-state index contributed by atoms with van der Waals surface area (Å²) < 4.78 is 2.36. The average Bonchev–Trinajstić information content (AvgIpc) is 3.32. The Balaban J connectivity index is 1.89. The molecule has 0 unspecified atom stereocenters. The molecule has 109 valence electrons. The number of carbonyl (C=O) groups is 1. The van der Waals surface area contributed by atoms with Crippen molar-refractivity contribution in [3.8, 4) is 11.1 Å². The third-order valence-corrected chi connectivity index (χ3v) is 4.36. The number of fused-ring (bicyclic) bond motifs is 1.